The van der Waals surface area contributed by atoms with Crippen molar-refractivity contribution < 1.29 is 5.11 Å². The second-order valence-electron chi connectivity index (χ2n) is 4.16. The first-order valence-electron chi connectivity index (χ1n) is 5.02. The normalized spacial score (nSPS) is 16.2. The zero-order valence-electron chi connectivity index (χ0n) is 9.43. The monoisotopic (exact) mass is 188 g/mol. The fourth-order valence-electron chi connectivity index (χ4n) is 1.62. The summed E-state index contributed by atoms with van der Waals surface area (Å²) < 4.78 is 0. The fraction of sp³-hybridized carbons (Fsp3) is 1.00. The quantitative estimate of drug-likeness (QED) is 0.612. The Morgan fingerprint density at radius 3 is 2.46 bits per heavy atom. The van der Waals surface area contributed by atoms with E-state index in [2.05, 4.69) is 31.1 Å². The van der Waals surface area contributed by atoms with Gasteiger partial charge in [0.05, 0.1) is 6.61 Å². The smallest absolute Gasteiger partial charge is 0.0558 e. The van der Waals surface area contributed by atoms with Crippen molar-refractivity contribution in [2.45, 2.75) is 20.3 Å². The molecule has 0 saturated carbocycles. The van der Waals surface area contributed by atoms with E-state index >= 15 is 0 Å². The van der Waals surface area contributed by atoms with E-state index in [9.17, 15) is 0 Å². The molecular formula is C10H24N2O. The molecule has 3 nitrogen and oxygen atoms in total. The Morgan fingerprint density at radius 1 is 1.46 bits per heavy atom. The number of nitrogens with zero attached hydrogens (tertiary/aromatic N) is 1. The minimum atomic E-state index is 0.246. The van der Waals surface area contributed by atoms with Crippen LogP contribution in [0.25, 0.3) is 0 Å². The second-order valence-corrected chi connectivity index (χ2v) is 4.16. The molecule has 0 aliphatic heterocycles. The lowest BCUT2D eigenvalue weighted by molar-refractivity contribution is 0.154. The van der Waals surface area contributed by atoms with E-state index in [1.807, 2.05) is 7.05 Å². The van der Waals surface area contributed by atoms with Gasteiger partial charge in [-0.3, -0.25) is 0 Å². The summed E-state index contributed by atoms with van der Waals surface area (Å²) in [5.74, 6) is 0. The summed E-state index contributed by atoms with van der Waals surface area (Å²) in [4.78, 5) is 2.18. The highest BCUT2D eigenvalue weighted by molar-refractivity contribution is 4.77. The number of hydrogen-bond acceptors (Lipinski definition) is 3. The van der Waals surface area contributed by atoms with Gasteiger partial charge in [0.15, 0.2) is 0 Å². The molecule has 1 unspecified atom stereocenters. The Morgan fingerprint density at radius 2 is 2.08 bits per heavy atom. The first-order valence-corrected chi connectivity index (χ1v) is 5.02. The van der Waals surface area contributed by atoms with Crippen molar-refractivity contribution in [2.75, 3.05) is 40.3 Å². The molecule has 0 rings (SSSR count). The predicted octanol–water partition coefficient (Wildman–Crippen LogP) is 0.546. The minimum Gasteiger partial charge on any atom is -0.395 e. The summed E-state index contributed by atoms with van der Waals surface area (Å²) in [5, 5.41) is 12.0. The van der Waals surface area contributed by atoms with Crippen LogP contribution in [0, 0.1) is 5.41 Å². The maximum absolute atomic E-state index is 8.78. The highest BCUT2D eigenvalue weighted by atomic mass is 16.3. The zero-order valence-corrected chi connectivity index (χ0v) is 9.43. The van der Waals surface area contributed by atoms with Crippen LogP contribution in [0.3, 0.4) is 0 Å². The van der Waals surface area contributed by atoms with Gasteiger partial charge in [-0.1, -0.05) is 13.8 Å². The highest BCUT2D eigenvalue weighted by Gasteiger charge is 2.22. The first kappa shape index (κ1) is 12.9. The molecule has 1 atom stereocenters. The van der Waals surface area contributed by atoms with Gasteiger partial charge in [0.1, 0.15) is 0 Å². The molecule has 0 fully saturated rings. The Balaban J connectivity index is 3.93. The van der Waals surface area contributed by atoms with Crippen LogP contribution in [0.1, 0.15) is 20.3 Å². The number of rotatable bonds is 7. The third kappa shape index (κ3) is 5.24. The van der Waals surface area contributed by atoms with Crippen LogP contribution in [0.5, 0.6) is 0 Å². The number of aliphatic hydroxyl groups is 1. The molecule has 2 N–H and O–H groups in total. The van der Waals surface area contributed by atoms with Gasteiger partial charge in [-0.25, -0.2) is 0 Å². The standard InChI is InChI=1S/C10H24N2O/c1-5-10(2,8-11-3)9-12(4)6-7-13/h11,13H,5-9H2,1-4H3. The number of aliphatic hydroxyl groups excluding tert-OH is 1. The van der Waals surface area contributed by atoms with E-state index < -0.39 is 0 Å². The lowest BCUT2D eigenvalue weighted by atomic mass is 9.87. The van der Waals surface area contributed by atoms with Crippen LogP contribution in [0.15, 0.2) is 0 Å². The van der Waals surface area contributed by atoms with Gasteiger partial charge >= 0.3 is 0 Å². The topological polar surface area (TPSA) is 35.5 Å². The molecule has 0 bridgehead atoms. The minimum absolute atomic E-state index is 0.246. The van der Waals surface area contributed by atoms with Gasteiger partial charge in [0.2, 0.25) is 0 Å². The van der Waals surface area contributed by atoms with Gasteiger partial charge in [-0.05, 0) is 25.9 Å². The zero-order chi connectivity index (χ0) is 10.3. The van der Waals surface area contributed by atoms with Gasteiger partial charge < -0.3 is 15.3 Å². The van der Waals surface area contributed by atoms with Crippen LogP contribution in [0.2, 0.25) is 0 Å². The Kier molecular flexibility index (Phi) is 6.29. The van der Waals surface area contributed by atoms with Gasteiger partial charge in [0, 0.05) is 19.6 Å². The van der Waals surface area contributed by atoms with Gasteiger partial charge in [-0.2, -0.15) is 0 Å². The van der Waals surface area contributed by atoms with Crippen molar-refractivity contribution >= 4 is 0 Å². The van der Waals surface area contributed by atoms with Crippen molar-refractivity contribution in [1.82, 2.24) is 10.2 Å². The van der Waals surface area contributed by atoms with Crippen molar-refractivity contribution in [3.8, 4) is 0 Å². The molecule has 0 saturated heterocycles. The number of likely N-dealkylation sites (N-methyl/N-ethyl adjacent to an activating group) is 1. The summed E-state index contributed by atoms with van der Waals surface area (Å²) in [6, 6.07) is 0. The molecule has 0 aromatic carbocycles. The van der Waals surface area contributed by atoms with Crippen LogP contribution < -0.4 is 5.32 Å². The molecular weight excluding hydrogens is 164 g/mol. The third-order valence-electron chi connectivity index (χ3n) is 2.59. The van der Waals surface area contributed by atoms with Crippen molar-refractivity contribution in [3.05, 3.63) is 0 Å². The molecule has 0 heterocycles. The van der Waals surface area contributed by atoms with Gasteiger partial charge in [0.25, 0.3) is 0 Å². The molecule has 80 valence electrons. The lowest BCUT2D eigenvalue weighted by Gasteiger charge is -2.32. The summed E-state index contributed by atoms with van der Waals surface area (Å²) >= 11 is 0. The maximum atomic E-state index is 8.78. The van der Waals surface area contributed by atoms with E-state index in [1.54, 1.807) is 0 Å². The molecule has 3 heteroatoms. The van der Waals surface area contributed by atoms with E-state index in [0.717, 1.165) is 26.1 Å². The first-order chi connectivity index (χ1) is 6.08. The number of nitrogens with one attached hydrogen (secondary N) is 1. The average Bonchev–Trinajstić information content (AvgIpc) is 2.05. The summed E-state index contributed by atoms with van der Waals surface area (Å²) in [6.45, 7) is 7.56. The summed E-state index contributed by atoms with van der Waals surface area (Å²) in [7, 11) is 4.04. The second kappa shape index (κ2) is 6.35. The Hall–Kier alpha value is -0.120. The molecule has 0 spiro atoms. The largest absolute Gasteiger partial charge is 0.395 e. The fourth-order valence-corrected chi connectivity index (χ4v) is 1.62. The SMILES string of the molecule is CCC(C)(CNC)CN(C)CCO. The lowest BCUT2D eigenvalue weighted by Crippen LogP contribution is -2.40. The van der Waals surface area contributed by atoms with Crippen LogP contribution in [0.4, 0.5) is 0 Å². The maximum Gasteiger partial charge on any atom is 0.0558 e. The molecule has 0 aromatic rings. The highest BCUT2D eigenvalue weighted by Crippen LogP contribution is 2.20. The molecule has 0 aliphatic carbocycles. The van der Waals surface area contributed by atoms with Crippen molar-refractivity contribution in [1.29, 1.82) is 0 Å². The van der Waals surface area contributed by atoms with E-state index in [0.29, 0.717) is 5.41 Å². The summed E-state index contributed by atoms with van der Waals surface area (Å²) in [6.07, 6.45) is 1.16. The average molecular weight is 188 g/mol. The van der Waals surface area contributed by atoms with Crippen LogP contribution >= 0.6 is 0 Å². The van der Waals surface area contributed by atoms with E-state index in [4.69, 9.17) is 5.11 Å². The predicted molar refractivity (Wildman–Crippen MR) is 56.9 cm³/mol. The molecule has 0 aromatic heterocycles. The van der Waals surface area contributed by atoms with Crippen LogP contribution in [-0.2, 0) is 0 Å². The van der Waals surface area contributed by atoms with E-state index in [-0.39, 0.29) is 6.61 Å². The Labute approximate surface area is 82.1 Å². The van der Waals surface area contributed by atoms with Gasteiger partial charge in [-0.15, -0.1) is 0 Å². The molecule has 13 heavy (non-hydrogen) atoms. The summed E-state index contributed by atoms with van der Waals surface area (Å²) in [5.41, 5.74) is 0.318. The van der Waals surface area contributed by atoms with Crippen molar-refractivity contribution in [3.63, 3.8) is 0 Å². The van der Waals surface area contributed by atoms with Crippen LogP contribution in [-0.4, -0.2) is 50.3 Å². The van der Waals surface area contributed by atoms with E-state index in [1.165, 1.54) is 0 Å². The molecule has 0 amide bonds. The Bertz CT molecular complexity index is 130. The van der Waals surface area contributed by atoms with Crippen molar-refractivity contribution in [2.24, 2.45) is 5.41 Å². The number of hydrogen-bond donors (Lipinski definition) is 2. The molecule has 0 radical (unpaired) electrons. The molecule has 0 aliphatic rings. The third-order valence-corrected chi connectivity index (χ3v) is 2.59.